The number of hydrogen-bond donors (Lipinski definition) is 0. The lowest BCUT2D eigenvalue weighted by Gasteiger charge is -1.98. The molecule has 11 heavy (non-hydrogen) atoms. The molecule has 0 spiro atoms. The summed E-state index contributed by atoms with van der Waals surface area (Å²) in [6.07, 6.45) is 1.66. The molecular formula is C8H7ClN2. The average Bonchev–Trinajstić information content (AvgIpc) is 2.04. The van der Waals surface area contributed by atoms with E-state index in [1.54, 1.807) is 6.20 Å². The van der Waals surface area contributed by atoms with Gasteiger partial charge in [0, 0.05) is 11.8 Å². The molecule has 0 aliphatic rings. The van der Waals surface area contributed by atoms with Crippen LogP contribution in [-0.4, -0.2) is 4.98 Å². The van der Waals surface area contributed by atoms with Crippen molar-refractivity contribution in [1.29, 1.82) is 5.26 Å². The van der Waals surface area contributed by atoms with Crippen LogP contribution >= 0.6 is 11.6 Å². The van der Waals surface area contributed by atoms with E-state index in [0.717, 1.165) is 11.1 Å². The minimum absolute atomic E-state index is 0.345. The fourth-order valence-corrected chi connectivity index (χ4v) is 1.04. The summed E-state index contributed by atoms with van der Waals surface area (Å²) in [6.45, 7) is 1.92. The van der Waals surface area contributed by atoms with Gasteiger partial charge in [-0.1, -0.05) is 6.07 Å². The number of pyridine rings is 1. The van der Waals surface area contributed by atoms with Gasteiger partial charge in [0.2, 0.25) is 0 Å². The molecule has 0 fully saturated rings. The normalized spacial score (nSPS) is 9.18. The molecule has 1 aromatic heterocycles. The number of halogens is 1. The largest absolute Gasteiger partial charge is 0.245 e. The number of nitriles is 1. The topological polar surface area (TPSA) is 36.7 Å². The van der Waals surface area contributed by atoms with Crippen molar-refractivity contribution in [3.63, 3.8) is 0 Å². The maximum atomic E-state index is 8.57. The first kappa shape index (κ1) is 8.03. The van der Waals surface area contributed by atoms with Crippen LogP contribution in [0.3, 0.4) is 0 Å². The molecule has 2 nitrogen and oxygen atoms in total. The van der Waals surface area contributed by atoms with Gasteiger partial charge in [0.15, 0.2) is 0 Å². The lowest BCUT2D eigenvalue weighted by molar-refractivity contribution is 1.16. The summed E-state index contributed by atoms with van der Waals surface area (Å²) in [7, 11) is 0. The third kappa shape index (κ3) is 1.69. The Hall–Kier alpha value is -1.07. The van der Waals surface area contributed by atoms with Gasteiger partial charge in [-0.15, -0.1) is 11.6 Å². The van der Waals surface area contributed by atoms with Crippen molar-refractivity contribution >= 4 is 11.6 Å². The van der Waals surface area contributed by atoms with Gasteiger partial charge < -0.3 is 0 Å². The van der Waals surface area contributed by atoms with E-state index < -0.39 is 0 Å². The van der Waals surface area contributed by atoms with Crippen molar-refractivity contribution in [1.82, 2.24) is 4.98 Å². The predicted molar refractivity (Wildman–Crippen MR) is 43.2 cm³/mol. The monoisotopic (exact) mass is 166 g/mol. The van der Waals surface area contributed by atoms with E-state index in [9.17, 15) is 0 Å². The fraction of sp³-hybridized carbons (Fsp3) is 0.250. The van der Waals surface area contributed by atoms with Crippen molar-refractivity contribution in [2.45, 2.75) is 12.8 Å². The summed E-state index contributed by atoms with van der Waals surface area (Å²) in [6, 6.07) is 3.85. The molecule has 0 atom stereocenters. The van der Waals surface area contributed by atoms with E-state index >= 15 is 0 Å². The molecule has 0 N–H and O–H groups in total. The zero-order valence-electron chi connectivity index (χ0n) is 6.13. The molecule has 0 saturated carbocycles. The van der Waals surface area contributed by atoms with Crippen LogP contribution in [-0.2, 0) is 5.88 Å². The highest BCUT2D eigenvalue weighted by molar-refractivity contribution is 6.17. The van der Waals surface area contributed by atoms with E-state index in [2.05, 4.69) is 4.98 Å². The highest BCUT2D eigenvalue weighted by Crippen LogP contribution is 2.09. The Bertz CT molecular complexity index is 301. The first-order chi connectivity index (χ1) is 5.27. The van der Waals surface area contributed by atoms with E-state index in [4.69, 9.17) is 16.9 Å². The second-order valence-corrected chi connectivity index (χ2v) is 2.53. The third-order valence-electron chi connectivity index (χ3n) is 1.35. The first-order valence-corrected chi connectivity index (χ1v) is 3.73. The van der Waals surface area contributed by atoms with Gasteiger partial charge in [-0.05, 0) is 12.5 Å². The summed E-state index contributed by atoms with van der Waals surface area (Å²) >= 11 is 5.59. The number of aromatic nitrogens is 1. The zero-order chi connectivity index (χ0) is 8.27. The Morgan fingerprint density at radius 1 is 1.73 bits per heavy atom. The fourth-order valence-electron chi connectivity index (χ4n) is 0.832. The van der Waals surface area contributed by atoms with Crippen molar-refractivity contribution in [3.05, 3.63) is 29.1 Å². The van der Waals surface area contributed by atoms with Crippen LogP contribution in [0.5, 0.6) is 0 Å². The summed E-state index contributed by atoms with van der Waals surface area (Å²) in [4.78, 5) is 3.92. The van der Waals surface area contributed by atoms with Crippen LogP contribution in [0.4, 0.5) is 0 Å². The maximum absolute atomic E-state index is 8.57. The Morgan fingerprint density at radius 3 is 3.00 bits per heavy atom. The minimum Gasteiger partial charge on any atom is -0.245 e. The molecular weight excluding hydrogens is 160 g/mol. The highest BCUT2D eigenvalue weighted by Gasteiger charge is 2.00. The maximum Gasteiger partial charge on any atom is 0.144 e. The summed E-state index contributed by atoms with van der Waals surface area (Å²) in [5, 5.41) is 8.57. The Labute approximate surface area is 70.4 Å². The van der Waals surface area contributed by atoms with Crippen LogP contribution in [0.15, 0.2) is 12.3 Å². The van der Waals surface area contributed by atoms with Crippen molar-refractivity contribution in [2.75, 3.05) is 0 Å². The predicted octanol–water partition coefficient (Wildman–Crippen LogP) is 2.00. The molecule has 0 amide bonds. The molecule has 3 heteroatoms. The van der Waals surface area contributed by atoms with Gasteiger partial charge in [-0.2, -0.15) is 5.26 Å². The second kappa shape index (κ2) is 3.36. The highest BCUT2D eigenvalue weighted by atomic mass is 35.5. The van der Waals surface area contributed by atoms with Crippen molar-refractivity contribution in [2.24, 2.45) is 0 Å². The molecule has 0 saturated heterocycles. The van der Waals surface area contributed by atoms with Crippen LogP contribution in [0.1, 0.15) is 16.8 Å². The van der Waals surface area contributed by atoms with Gasteiger partial charge in [0.05, 0.1) is 5.88 Å². The lowest BCUT2D eigenvalue weighted by atomic mass is 10.2. The van der Waals surface area contributed by atoms with Crippen molar-refractivity contribution in [3.8, 4) is 6.07 Å². The SMILES string of the molecule is Cc1cnc(C#N)c(CCl)c1. The Morgan fingerprint density at radius 2 is 2.45 bits per heavy atom. The van der Waals surface area contributed by atoms with Gasteiger partial charge in [0.25, 0.3) is 0 Å². The molecule has 0 bridgehead atoms. The molecule has 0 aliphatic heterocycles. The molecule has 1 heterocycles. The molecule has 0 aromatic carbocycles. The zero-order valence-corrected chi connectivity index (χ0v) is 6.89. The van der Waals surface area contributed by atoms with Gasteiger partial charge >= 0.3 is 0 Å². The second-order valence-electron chi connectivity index (χ2n) is 2.27. The summed E-state index contributed by atoms with van der Waals surface area (Å²) in [5.41, 5.74) is 2.25. The number of hydrogen-bond acceptors (Lipinski definition) is 2. The quantitative estimate of drug-likeness (QED) is 0.599. The Kier molecular flexibility index (Phi) is 2.45. The van der Waals surface area contributed by atoms with Gasteiger partial charge in [0.1, 0.15) is 11.8 Å². The third-order valence-corrected chi connectivity index (χ3v) is 1.64. The Balaban J connectivity index is 3.19. The molecule has 0 unspecified atom stereocenters. The molecule has 0 radical (unpaired) electrons. The number of alkyl halides is 1. The molecule has 1 rings (SSSR count). The molecule has 0 aliphatic carbocycles. The number of rotatable bonds is 1. The van der Waals surface area contributed by atoms with E-state index in [0.29, 0.717) is 11.6 Å². The minimum atomic E-state index is 0.345. The first-order valence-electron chi connectivity index (χ1n) is 3.19. The summed E-state index contributed by atoms with van der Waals surface area (Å²) in [5.74, 6) is 0.345. The smallest absolute Gasteiger partial charge is 0.144 e. The van der Waals surface area contributed by atoms with Gasteiger partial charge in [-0.25, -0.2) is 4.98 Å². The van der Waals surface area contributed by atoms with E-state index in [1.165, 1.54) is 0 Å². The van der Waals surface area contributed by atoms with Crippen LogP contribution in [0.2, 0.25) is 0 Å². The summed E-state index contributed by atoms with van der Waals surface area (Å²) < 4.78 is 0. The number of nitrogens with zero attached hydrogens (tertiary/aromatic N) is 2. The molecule has 1 aromatic rings. The average molecular weight is 167 g/mol. The van der Waals surface area contributed by atoms with Crippen LogP contribution in [0.25, 0.3) is 0 Å². The van der Waals surface area contributed by atoms with E-state index in [-0.39, 0.29) is 0 Å². The van der Waals surface area contributed by atoms with Crippen molar-refractivity contribution < 1.29 is 0 Å². The van der Waals surface area contributed by atoms with Crippen LogP contribution < -0.4 is 0 Å². The number of aryl methyl sites for hydroxylation is 1. The van der Waals surface area contributed by atoms with E-state index in [1.807, 2.05) is 19.1 Å². The standard InChI is InChI=1S/C8H7ClN2/c1-6-2-7(3-9)8(4-10)11-5-6/h2,5H,3H2,1H3. The lowest BCUT2D eigenvalue weighted by Crippen LogP contribution is -1.91. The van der Waals surface area contributed by atoms with Gasteiger partial charge in [-0.3, -0.25) is 0 Å². The van der Waals surface area contributed by atoms with Crippen LogP contribution in [0, 0.1) is 18.3 Å². The molecule has 56 valence electrons.